The zero-order chi connectivity index (χ0) is 14.4. The molecule has 1 aliphatic carbocycles. The van der Waals surface area contributed by atoms with Crippen molar-refractivity contribution in [3.8, 4) is 0 Å². The largest absolute Gasteiger partial charge is 0.376 e. The van der Waals surface area contributed by atoms with Crippen LogP contribution in [0.25, 0.3) is 0 Å². The molecule has 1 aromatic carbocycles. The number of rotatable bonds is 5. The third-order valence-electron chi connectivity index (χ3n) is 3.73. The monoisotopic (exact) mass is 279 g/mol. The van der Waals surface area contributed by atoms with E-state index in [9.17, 15) is 9.18 Å². The first-order chi connectivity index (χ1) is 9.68. The van der Waals surface area contributed by atoms with Gasteiger partial charge in [0.05, 0.1) is 18.3 Å². The van der Waals surface area contributed by atoms with Gasteiger partial charge in [-0.3, -0.25) is 4.79 Å². The molecule has 110 valence electrons. The van der Waals surface area contributed by atoms with E-state index in [4.69, 9.17) is 4.74 Å². The van der Waals surface area contributed by atoms with Crippen LogP contribution in [0.1, 0.15) is 48.0 Å². The van der Waals surface area contributed by atoms with Crippen LogP contribution in [0.2, 0.25) is 0 Å². The Bertz CT molecular complexity index is 456. The highest BCUT2D eigenvalue weighted by Gasteiger charge is 2.15. The lowest BCUT2D eigenvalue weighted by Crippen LogP contribution is -2.30. The van der Waals surface area contributed by atoms with Crippen molar-refractivity contribution in [1.82, 2.24) is 5.32 Å². The lowest BCUT2D eigenvalue weighted by molar-refractivity contribution is 0.0299. The molecule has 0 unspecified atom stereocenters. The smallest absolute Gasteiger partial charge is 0.254 e. The minimum absolute atomic E-state index is 0.0997. The van der Waals surface area contributed by atoms with Gasteiger partial charge in [-0.25, -0.2) is 4.39 Å². The van der Waals surface area contributed by atoms with Gasteiger partial charge in [-0.2, -0.15) is 0 Å². The highest BCUT2D eigenvalue weighted by molar-refractivity contribution is 5.94. The summed E-state index contributed by atoms with van der Waals surface area (Å²) in [6, 6.07) is 4.84. The number of aryl methyl sites for hydroxylation is 1. The first-order valence-corrected chi connectivity index (χ1v) is 7.33. The van der Waals surface area contributed by atoms with Gasteiger partial charge in [-0.1, -0.05) is 31.4 Å². The van der Waals surface area contributed by atoms with E-state index in [0.29, 0.717) is 24.8 Å². The van der Waals surface area contributed by atoms with Crippen LogP contribution in [-0.2, 0) is 4.74 Å². The highest BCUT2D eigenvalue weighted by Crippen LogP contribution is 2.19. The maximum atomic E-state index is 13.8. The van der Waals surface area contributed by atoms with E-state index >= 15 is 0 Å². The Morgan fingerprint density at radius 1 is 1.35 bits per heavy atom. The van der Waals surface area contributed by atoms with Crippen LogP contribution in [0, 0.1) is 12.7 Å². The minimum atomic E-state index is -0.446. The second-order valence-electron chi connectivity index (χ2n) is 5.32. The Balaban J connectivity index is 1.73. The van der Waals surface area contributed by atoms with E-state index < -0.39 is 5.82 Å². The molecule has 0 aromatic heterocycles. The molecule has 20 heavy (non-hydrogen) atoms. The van der Waals surface area contributed by atoms with Gasteiger partial charge < -0.3 is 10.1 Å². The van der Waals surface area contributed by atoms with Gasteiger partial charge in [0.2, 0.25) is 0 Å². The van der Waals surface area contributed by atoms with Crippen LogP contribution in [-0.4, -0.2) is 25.2 Å². The molecule has 0 atom stereocenters. The summed E-state index contributed by atoms with van der Waals surface area (Å²) in [5.74, 6) is -0.823. The van der Waals surface area contributed by atoms with E-state index in [1.54, 1.807) is 19.1 Å². The van der Waals surface area contributed by atoms with Crippen LogP contribution in [0.3, 0.4) is 0 Å². The number of nitrogens with one attached hydrogen (secondary N) is 1. The Morgan fingerprint density at radius 2 is 2.10 bits per heavy atom. The van der Waals surface area contributed by atoms with Crippen LogP contribution < -0.4 is 5.32 Å². The molecule has 1 aliphatic rings. The average Bonchev–Trinajstić information content (AvgIpc) is 2.47. The molecular weight excluding hydrogens is 257 g/mol. The fraction of sp³-hybridized carbons (Fsp3) is 0.562. The van der Waals surface area contributed by atoms with Crippen molar-refractivity contribution in [2.24, 2.45) is 0 Å². The molecule has 3 nitrogen and oxygen atoms in total. The first kappa shape index (κ1) is 15.0. The molecule has 1 N–H and O–H groups in total. The predicted molar refractivity (Wildman–Crippen MR) is 76.3 cm³/mol. The second-order valence-corrected chi connectivity index (χ2v) is 5.32. The molecule has 1 saturated carbocycles. The Kier molecular flexibility index (Phi) is 5.53. The Morgan fingerprint density at radius 3 is 2.85 bits per heavy atom. The molecule has 0 aliphatic heterocycles. The average molecular weight is 279 g/mol. The second kappa shape index (κ2) is 7.39. The zero-order valence-electron chi connectivity index (χ0n) is 12.0. The van der Waals surface area contributed by atoms with Gasteiger partial charge in [-0.05, 0) is 31.4 Å². The number of halogens is 1. The van der Waals surface area contributed by atoms with Gasteiger partial charge in [0.1, 0.15) is 5.82 Å². The Labute approximate surface area is 119 Å². The predicted octanol–water partition coefficient (Wildman–Crippen LogP) is 3.21. The molecule has 0 spiro atoms. The number of carbonyl (C=O) groups excluding carboxylic acids is 1. The van der Waals surface area contributed by atoms with Crippen LogP contribution in [0.4, 0.5) is 4.39 Å². The lowest BCUT2D eigenvalue weighted by Gasteiger charge is -2.22. The number of amides is 1. The van der Waals surface area contributed by atoms with Gasteiger partial charge in [0.15, 0.2) is 0 Å². The van der Waals surface area contributed by atoms with E-state index in [-0.39, 0.29) is 11.5 Å². The Hall–Kier alpha value is -1.42. The van der Waals surface area contributed by atoms with Crippen molar-refractivity contribution >= 4 is 5.91 Å². The summed E-state index contributed by atoms with van der Waals surface area (Å²) in [5.41, 5.74) is 0.582. The van der Waals surface area contributed by atoms with Gasteiger partial charge in [-0.15, -0.1) is 0 Å². The zero-order valence-corrected chi connectivity index (χ0v) is 12.0. The standard InChI is InChI=1S/C16H22FNO2/c1-12-6-5-9-14(15(12)17)16(19)18-10-11-20-13-7-3-2-4-8-13/h5-6,9,13H,2-4,7-8,10-11H2,1H3,(H,18,19). The molecule has 1 amide bonds. The molecule has 1 aromatic rings. The van der Waals surface area contributed by atoms with Crippen molar-refractivity contribution in [3.05, 3.63) is 35.1 Å². The number of ether oxygens (including phenoxy) is 1. The van der Waals surface area contributed by atoms with Gasteiger partial charge in [0.25, 0.3) is 5.91 Å². The van der Waals surface area contributed by atoms with Gasteiger partial charge >= 0.3 is 0 Å². The van der Waals surface area contributed by atoms with E-state index in [1.165, 1.54) is 25.3 Å². The van der Waals surface area contributed by atoms with Crippen LogP contribution in [0.5, 0.6) is 0 Å². The molecule has 1 fully saturated rings. The minimum Gasteiger partial charge on any atom is -0.376 e. The molecule has 0 radical (unpaired) electrons. The quantitative estimate of drug-likeness (QED) is 0.840. The first-order valence-electron chi connectivity index (χ1n) is 7.33. The summed E-state index contributed by atoms with van der Waals surface area (Å²) in [6.45, 7) is 2.56. The summed E-state index contributed by atoms with van der Waals surface area (Å²) in [4.78, 5) is 11.9. The third-order valence-corrected chi connectivity index (χ3v) is 3.73. The maximum Gasteiger partial charge on any atom is 0.254 e. The van der Waals surface area contributed by atoms with Crippen molar-refractivity contribution in [1.29, 1.82) is 0 Å². The third kappa shape index (κ3) is 4.04. The molecule has 0 heterocycles. The normalized spacial score (nSPS) is 16.1. The molecule has 2 rings (SSSR count). The summed E-state index contributed by atoms with van der Waals surface area (Å²) in [6.07, 6.45) is 6.30. The topological polar surface area (TPSA) is 38.3 Å². The molecule has 0 bridgehead atoms. The summed E-state index contributed by atoms with van der Waals surface area (Å²) in [7, 11) is 0. The van der Waals surface area contributed by atoms with E-state index in [1.807, 2.05) is 0 Å². The number of hydrogen-bond donors (Lipinski definition) is 1. The van der Waals surface area contributed by atoms with Crippen LogP contribution in [0.15, 0.2) is 18.2 Å². The number of carbonyl (C=O) groups is 1. The van der Waals surface area contributed by atoms with Crippen molar-refractivity contribution in [3.63, 3.8) is 0 Å². The molecule has 4 heteroatoms. The van der Waals surface area contributed by atoms with Crippen molar-refractivity contribution in [2.45, 2.75) is 45.1 Å². The lowest BCUT2D eigenvalue weighted by atomic mass is 9.98. The summed E-state index contributed by atoms with van der Waals surface area (Å²) < 4.78 is 19.5. The SMILES string of the molecule is Cc1cccc(C(=O)NCCOC2CCCCC2)c1F. The van der Waals surface area contributed by atoms with Crippen LogP contribution >= 0.6 is 0 Å². The molecular formula is C16H22FNO2. The van der Waals surface area contributed by atoms with E-state index in [2.05, 4.69) is 5.32 Å². The summed E-state index contributed by atoms with van der Waals surface area (Å²) in [5, 5.41) is 2.70. The highest BCUT2D eigenvalue weighted by atomic mass is 19.1. The van der Waals surface area contributed by atoms with Crippen molar-refractivity contribution in [2.75, 3.05) is 13.2 Å². The molecule has 0 saturated heterocycles. The maximum absolute atomic E-state index is 13.8. The number of benzene rings is 1. The summed E-state index contributed by atoms with van der Waals surface area (Å²) >= 11 is 0. The van der Waals surface area contributed by atoms with Gasteiger partial charge in [0, 0.05) is 6.54 Å². The van der Waals surface area contributed by atoms with E-state index in [0.717, 1.165) is 12.8 Å². The fourth-order valence-corrected chi connectivity index (χ4v) is 2.54. The van der Waals surface area contributed by atoms with Crippen molar-refractivity contribution < 1.29 is 13.9 Å². The fourth-order valence-electron chi connectivity index (χ4n) is 2.54. The number of hydrogen-bond acceptors (Lipinski definition) is 2.